The molecule has 7 heteroatoms. The molecule has 5 rings (SSSR count). The standard InChI is InChI=1S/C28H24Cl2N4O/c29-23-6-3-20(4-7-23)2-1-13-33-14-10-28(11-15-33)19-34(25-8-5-21(18-31)16-24(25)28)27(35)22-9-12-32-26(30)17-22/h1-9,12,16-17H,10-11,13-15,19H2/b2-1+. The zero-order valence-corrected chi connectivity index (χ0v) is 20.6. The molecule has 0 bridgehead atoms. The van der Waals surface area contributed by atoms with Crippen LogP contribution in [0.2, 0.25) is 10.2 Å². The third kappa shape index (κ3) is 4.83. The summed E-state index contributed by atoms with van der Waals surface area (Å²) >= 11 is 12.0. The Labute approximate surface area is 215 Å². The maximum Gasteiger partial charge on any atom is 0.258 e. The van der Waals surface area contributed by atoms with E-state index in [2.05, 4.69) is 28.1 Å². The van der Waals surface area contributed by atoms with E-state index in [1.807, 2.05) is 41.3 Å². The second-order valence-corrected chi connectivity index (χ2v) is 9.96. The second kappa shape index (κ2) is 9.83. The van der Waals surface area contributed by atoms with Gasteiger partial charge in [0, 0.05) is 41.0 Å². The lowest BCUT2D eigenvalue weighted by atomic mass is 9.74. The van der Waals surface area contributed by atoms with E-state index in [4.69, 9.17) is 23.2 Å². The number of likely N-dealkylation sites (tertiary alicyclic amines) is 1. The van der Waals surface area contributed by atoms with Crippen LogP contribution in [-0.4, -0.2) is 42.0 Å². The Bertz CT molecular complexity index is 1320. The van der Waals surface area contributed by atoms with Gasteiger partial charge in [0.1, 0.15) is 5.15 Å². The summed E-state index contributed by atoms with van der Waals surface area (Å²) in [6.45, 7) is 3.31. The van der Waals surface area contributed by atoms with Crippen molar-refractivity contribution in [3.63, 3.8) is 0 Å². The van der Waals surface area contributed by atoms with Crippen molar-refractivity contribution in [3.05, 3.63) is 99.3 Å². The highest BCUT2D eigenvalue weighted by Crippen LogP contribution is 2.47. The minimum atomic E-state index is -0.162. The van der Waals surface area contributed by atoms with Crippen LogP contribution >= 0.6 is 23.2 Å². The van der Waals surface area contributed by atoms with E-state index in [0.717, 1.165) is 54.3 Å². The molecule has 1 saturated heterocycles. The SMILES string of the molecule is N#Cc1ccc2c(c1)C1(CCN(C/C=C/c3ccc(Cl)cc3)CC1)CN2C(=O)c1ccnc(Cl)c1. The van der Waals surface area contributed by atoms with Crippen LogP contribution in [0.15, 0.2) is 66.9 Å². The van der Waals surface area contributed by atoms with Crippen LogP contribution < -0.4 is 4.90 Å². The molecule has 0 radical (unpaired) electrons. The Morgan fingerprint density at radius 3 is 2.57 bits per heavy atom. The molecule has 176 valence electrons. The molecular formula is C28H24Cl2N4O. The number of fused-ring (bicyclic) bond motifs is 2. The molecule has 3 heterocycles. The Morgan fingerprint density at radius 1 is 1.09 bits per heavy atom. The van der Waals surface area contributed by atoms with Crippen LogP contribution in [0, 0.1) is 11.3 Å². The number of carbonyl (C=O) groups excluding carboxylic acids is 1. The van der Waals surface area contributed by atoms with Crippen LogP contribution in [0.4, 0.5) is 5.69 Å². The number of halogens is 2. The molecule has 0 N–H and O–H groups in total. The quantitative estimate of drug-likeness (QED) is 0.412. The lowest BCUT2D eigenvalue weighted by Crippen LogP contribution is -2.46. The minimum absolute atomic E-state index is 0.0922. The van der Waals surface area contributed by atoms with E-state index in [0.29, 0.717) is 22.8 Å². The maximum absolute atomic E-state index is 13.5. The van der Waals surface area contributed by atoms with Gasteiger partial charge in [-0.15, -0.1) is 0 Å². The molecule has 2 aromatic carbocycles. The molecular weight excluding hydrogens is 479 g/mol. The van der Waals surface area contributed by atoms with E-state index in [-0.39, 0.29) is 11.3 Å². The molecule has 1 aromatic heterocycles. The topological polar surface area (TPSA) is 60.2 Å². The summed E-state index contributed by atoms with van der Waals surface area (Å²) < 4.78 is 0. The molecule has 2 aliphatic heterocycles. The lowest BCUT2D eigenvalue weighted by molar-refractivity contribution is 0.0977. The number of nitrogens with zero attached hydrogens (tertiary/aromatic N) is 4. The minimum Gasteiger partial charge on any atom is -0.307 e. The number of rotatable bonds is 4. The average Bonchev–Trinajstić information content (AvgIpc) is 3.19. The first-order valence-electron chi connectivity index (χ1n) is 11.6. The smallest absolute Gasteiger partial charge is 0.258 e. The highest BCUT2D eigenvalue weighted by Gasteiger charge is 2.46. The molecule has 0 aliphatic carbocycles. The first-order valence-corrected chi connectivity index (χ1v) is 12.4. The third-order valence-electron chi connectivity index (χ3n) is 7.02. The Morgan fingerprint density at radius 2 is 1.86 bits per heavy atom. The van der Waals surface area contributed by atoms with E-state index < -0.39 is 0 Å². The Hall–Kier alpha value is -3.17. The van der Waals surface area contributed by atoms with Crippen molar-refractivity contribution in [3.8, 4) is 6.07 Å². The zero-order valence-electron chi connectivity index (χ0n) is 19.1. The average molecular weight is 503 g/mol. The zero-order chi connectivity index (χ0) is 24.4. The van der Waals surface area contributed by atoms with Crippen LogP contribution in [0.5, 0.6) is 0 Å². The monoisotopic (exact) mass is 502 g/mol. The molecule has 35 heavy (non-hydrogen) atoms. The number of hydrogen-bond donors (Lipinski definition) is 0. The number of amides is 1. The first kappa shape index (κ1) is 23.6. The van der Waals surface area contributed by atoms with Gasteiger partial charge in [0.15, 0.2) is 0 Å². The Kier molecular flexibility index (Phi) is 6.62. The van der Waals surface area contributed by atoms with Gasteiger partial charge < -0.3 is 4.90 Å². The largest absolute Gasteiger partial charge is 0.307 e. The number of hydrogen-bond acceptors (Lipinski definition) is 4. The number of pyridine rings is 1. The highest BCUT2D eigenvalue weighted by molar-refractivity contribution is 6.30. The van der Waals surface area contributed by atoms with E-state index in [1.165, 1.54) is 0 Å². The molecule has 0 saturated carbocycles. The van der Waals surface area contributed by atoms with Gasteiger partial charge in [-0.1, -0.05) is 47.5 Å². The van der Waals surface area contributed by atoms with Gasteiger partial charge in [0.05, 0.1) is 11.6 Å². The number of aromatic nitrogens is 1. The number of carbonyl (C=O) groups is 1. The predicted molar refractivity (Wildman–Crippen MR) is 140 cm³/mol. The van der Waals surface area contributed by atoms with Gasteiger partial charge in [-0.3, -0.25) is 9.69 Å². The van der Waals surface area contributed by atoms with Crippen LogP contribution in [0.3, 0.4) is 0 Å². The highest BCUT2D eigenvalue weighted by atomic mass is 35.5. The molecule has 1 amide bonds. The summed E-state index contributed by atoms with van der Waals surface area (Å²) in [5.74, 6) is -0.0922. The van der Waals surface area contributed by atoms with Crippen LogP contribution in [0.25, 0.3) is 6.08 Å². The van der Waals surface area contributed by atoms with Crippen molar-refractivity contribution in [2.75, 3.05) is 31.1 Å². The van der Waals surface area contributed by atoms with E-state index in [1.54, 1.807) is 24.4 Å². The molecule has 0 unspecified atom stereocenters. The molecule has 1 fully saturated rings. The van der Waals surface area contributed by atoms with Crippen molar-refractivity contribution in [2.24, 2.45) is 0 Å². The number of piperidine rings is 1. The fraction of sp³-hybridized carbons (Fsp3) is 0.250. The molecule has 3 aromatic rings. The second-order valence-electron chi connectivity index (χ2n) is 9.14. The van der Waals surface area contributed by atoms with E-state index >= 15 is 0 Å². The number of anilines is 1. The normalized spacial score (nSPS) is 17.0. The molecule has 0 atom stereocenters. The summed E-state index contributed by atoms with van der Waals surface area (Å²) in [4.78, 5) is 21.7. The van der Waals surface area contributed by atoms with Gasteiger partial charge >= 0.3 is 0 Å². The summed E-state index contributed by atoms with van der Waals surface area (Å²) in [7, 11) is 0. The summed E-state index contributed by atoms with van der Waals surface area (Å²) in [6.07, 6.45) is 7.69. The van der Waals surface area contributed by atoms with Crippen molar-refractivity contribution >= 4 is 40.9 Å². The van der Waals surface area contributed by atoms with Gasteiger partial charge in [0.25, 0.3) is 5.91 Å². The van der Waals surface area contributed by atoms with Crippen molar-refractivity contribution < 1.29 is 4.79 Å². The van der Waals surface area contributed by atoms with Gasteiger partial charge in [0.2, 0.25) is 0 Å². The molecule has 2 aliphatic rings. The van der Waals surface area contributed by atoms with Crippen molar-refractivity contribution in [1.82, 2.24) is 9.88 Å². The Balaban J connectivity index is 1.34. The summed E-state index contributed by atoms with van der Waals surface area (Å²) in [5, 5.41) is 10.5. The summed E-state index contributed by atoms with van der Waals surface area (Å²) in [5.41, 5.74) is 4.09. The van der Waals surface area contributed by atoms with Crippen LogP contribution in [-0.2, 0) is 5.41 Å². The van der Waals surface area contributed by atoms with Gasteiger partial charge in [-0.05, 0) is 79.5 Å². The molecule has 5 nitrogen and oxygen atoms in total. The number of nitriles is 1. The predicted octanol–water partition coefficient (Wildman–Crippen LogP) is 5.97. The van der Waals surface area contributed by atoms with Crippen molar-refractivity contribution in [2.45, 2.75) is 18.3 Å². The third-order valence-corrected chi connectivity index (χ3v) is 7.48. The molecule has 1 spiro atoms. The van der Waals surface area contributed by atoms with Crippen LogP contribution in [0.1, 0.15) is 39.9 Å². The summed E-state index contributed by atoms with van der Waals surface area (Å²) in [6, 6.07) is 19.0. The van der Waals surface area contributed by atoms with Gasteiger partial charge in [-0.25, -0.2) is 4.98 Å². The first-order chi connectivity index (χ1) is 17.0. The van der Waals surface area contributed by atoms with Crippen molar-refractivity contribution in [1.29, 1.82) is 5.26 Å². The van der Waals surface area contributed by atoms with Gasteiger partial charge in [-0.2, -0.15) is 5.26 Å². The fourth-order valence-electron chi connectivity index (χ4n) is 5.11. The lowest BCUT2D eigenvalue weighted by Gasteiger charge is -2.39. The fourth-order valence-corrected chi connectivity index (χ4v) is 5.41. The van der Waals surface area contributed by atoms with E-state index in [9.17, 15) is 10.1 Å². The number of benzene rings is 2. The maximum atomic E-state index is 13.5.